The van der Waals surface area contributed by atoms with Crippen molar-refractivity contribution in [1.82, 2.24) is 0 Å². The Hall–Kier alpha value is -1.22. The van der Waals surface area contributed by atoms with Gasteiger partial charge < -0.3 is 30.3 Å². The average Bonchev–Trinajstić information content (AvgIpc) is 2.33. The van der Waals surface area contributed by atoms with Gasteiger partial charge in [-0.15, -0.1) is 0 Å². The Morgan fingerprint density at radius 3 is 2.17 bits per heavy atom. The summed E-state index contributed by atoms with van der Waals surface area (Å²) in [6, 6.07) is 0. The third kappa shape index (κ3) is 7.17. The molecule has 5 N–H and O–H groups in total. The van der Waals surface area contributed by atoms with E-state index >= 15 is 0 Å². The smallest absolute Gasteiger partial charge is 0.305 e. The third-order valence-electron chi connectivity index (χ3n) is 2.16. The first kappa shape index (κ1) is 16.8. The fourth-order valence-electron chi connectivity index (χ4n) is 1.10. The number of hydrogen-bond donors (Lipinski definition) is 5. The second-order valence-corrected chi connectivity index (χ2v) is 3.74. The van der Waals surface area contributed by atoms with Crippen molar-refractivity contribution in [2.45, 2.75) is 37.6 Å². The molecule has 0 rings (SSSR count). The number of carbonyl (C=O) groups is 2. The van der Waals surface area contributed by atoms with Crippen LogP contribution in [0.3, 0.4) is 0 Å². The number of aliphatic hydroxyl groups is 4. The quantitative estimate of drug-likeness (QED) is 0.297. The number of carboxylic acid groups (broad SMARTS) is 1. The number of carboxylic acids is 1. The Bertz CT molecular complexity index is 267. The van der Waals surface area contributed by atoms with E-state index in [9.17, 15) is 19.8 Å². The van der Waals surface area contributed by atoms with Gasteiger partial charge in [-0.2, -0.15) is 0 Å². The van der Waals surface area contributed by atoms with Gasteiger partial charge >= 0.3 is 11.9 Å². The van der Waals surface area contributed by atoms with E-state index < -0.39 is 43.5 Å². The van der Waals surface area contributed by atoms with Crippen LogP contribution in [0.15, 0.2) is 0 Å². The van der Waals surface area contributed by atoms with Crippen LogP contribution in [0.1, 0.15) is 19.3 Å². The molecule has 8 heteroatoms. The monoisotopic (exact) mass is 266 g/mol. The zero-order chi connectivity index (χ0) is 14.1. The first-order valence-electron chi connectivity index (χ1n) is 5.41. The molecular formula is C10H18O8. The SMILES string of the molecule is O=C(O)CCCC(=O)OC[C@H](O)[C@@H](O)[C@H](O)CO. The lowest BCUT2D eigenvalue weighted by molar-refractivity contribution is -0.152. The Morgan fingerprint density at radius 2 is 1.67 bits per heavy atom. The molecule has 0 aromatic rings. The first-order valence-corrected chi connectivity index (χ1v) is 5.41. The fraction of sp³-hybridized carbons (Fsp3) is 0.800. The van der Waals surface area contributed by atoms with Crippen molar-refractivity contribution >= 4 is 11.9 Å². The van der Waals surface area contributed by atoms with Gasteiger partial charge in [0.1, 0.15) is 24.9 Å². The zero-order valence-corrected chi connectivity index (χ0v) is 9.73. The van der Waals surface area contributed by atoms with E-state index in [1.807, 2.05) is 0 Å². The molecule has 0 fully saturated rings. The highest BCUT2D eigenvalue weighted by atomic mass is 16.5. The molecule has 0 aromatic carbocycles. The highest BCUT2D eigenvalue weighted by Crippen LogP contribution is 2.03. The van der Waals surface area contributed by atoms with Gasteiger partial charge in [0.15, 0.2) is 0 Å². The lowest BCUT2D eigenvalue weighted by atomic mass is 10.1. The van der Waals surface area contributed by atoms with Crippen LogP contribution in [0, 0.1) is 0 Å². The Morgan fingerprint density at radius 1 is 1.06 bits per heavy atom. The molecule has 0 saturated carbocycles. The summed E-state index contributed by atoms with van der Waals surface area (Å²) in [7, 11) is 0. The van der Waals surface area contributed by atoms with E-state index in [-0.39, 0.29) is 19.3 Å². The van der Waals surface area contributed by atoms with Gasteiger partial charge in [-0.1, -0.05) is 0 Å². The molecule has 0 aliphatic carbocycles. The summed E-state index contributed by atoms with van der Waals surface area (Å²) < 4.78 is 4.57. The van der Waals surface area contributed by atoms with Crippen LogP contribution in [0.25, 0.3) is 0 Å². The molecule has 8 nitrogen and oxygen atoms in total. The van der Waals surface area contributed by atoms with E-state index in [2.05, 4.69) is 4.74 Å². The van der Waals surface area contributed by atoms with E-state index in [4.69, 9.17) is 15.3 Å². The predicted octanol–water partition coefficient (Wildman–Crippen LogP) is -2.14. The fourth-order valence-corrected chi connectivity index (χ4v) is 1.10. The summed E-state index contributed by atoms with van der Waals surface area (Å²) in [5.74, 6) is -1.73. The van der Waals surface area contributed by atoms with Crippen molar-refractivity contribution in [2.75, 3.05) is 13.2 Å². The molecule has 0 heterocycles. The topological polar surface area (TPSA) is 145 Å². The molecule has 3 atom stereocenters. The van der Waals surface area contributed by atoms with E-state index in [1.165, 1.54) is 0 Å². The van der Waals surface area contributed by atoms with Crippen LogP contribution >= 0.6 is 0 Å². The lowest BCUT2D eigenvalue weighted by Gasteiger charge is -2.21. The Labute approximate surface area is 103 Å². The maximum atomic E-state index is 11.1. The lowest BCUT2D eigenvalue weighted by Crippen LogP contribution is -2.42. The number of aliphatic hydroxyl groups excluding tert-OH is 4. The molecule has 0 bridgehead atoms. The maximum absolute atomic E-state index is 11.1. The van der Waals surface area contributed by atoms with Crippen LogP contribution in [0.5, 0.6) is 0 Å². The second kappa shape index (κ2) is 8.81. The molecule has 0 spiro atoms. The van der Waals surface area contributed by atoms with Crippen molar-refractivity contribution in [3.63, 3.8) is 0 Å². The largest absolute Gasteiger partial charge is 0.481 e. The molecule has 0 unspecified atom stereocenters. The molecule has 106 valence electrons. The van der Waals surface area contributed by atoms with Gasteiger partial charge in [-0.3, -0.25) is 9.59 Å². The minimum atomic E-state index is -1.62. The molecular weight excluding hydrogens is 248 g/mol. The molecule has 0 saturated heterocycles. The van der Waals surface area contributed by atoms with Crippen molar-refractivity contribution in [3.05, 3.63) is 0 Å². The van der Waals surface area contributed by atoms with Gasteiger partial charge in [0, 0.05) is 12.8 Å². The average molecular weight is 266 g/mol. The highest BCUT2D eigenvalue weighted by molar-refractivity contribution is 5.71. The summed E-state index contributed by atoms with van der Waals surface area (Å²) in [4.78, 5) is 21.2. The van der Waals surface area contributed by atoms with Gasteiger partial charge in [0.25, 0.3) is 0 Å². The molecule has 18 heavy (non-hydrogen) atoms. The first-order chi connectivity index (χ1) is 8.38. The van der Waals surface area contributed by atoms with Crippen molar-refractivity contribution in [2.24, 2.45) is 0 Å². The van der Waals surface area contributed by atoms with Gasteiger partial charge in [-0.25, -0.2) is 0 Å². The van der Waals surface area contributed by atoms with Crippen LogP contribution in [-0.4, -0.2) is 69.0 Å². The molecule has 0 amide bonds. The van der Waals surface area contributed by atoms with Crippen molar-refractivity contribution in [1.29, 1.82) is 0 Å². The standard InChI is InChI=1S/C10H18O8/c11-4-6(12)10(17)7(13)5-18-9(16)3-1-2-8(14)15/h6-7,10-13,17H,1-5H2,(H,14,15)/t6-,7+,10+/m1/s1. The number of carbonyl (C=O) groups excluding carboxylic acids is 1. The number of ether oxygens (including phenoxy) is 1. The molecule has 0 aliphatic heterocycles. The minimum absolute atomic E-state index is 0.113. The summed E-state index contributed by atoms with van der Waals surface area (Å²) in [6.45, 7) is -1.27. The summed E-state index contributed by atoms with van der Waals surface area (Å²) in [5, 5.41) is 44.4. The highest BCUT2D eigenvalue weighted by Gasteiger charge is 2.25. The Kier molecular flexibility index (Phi) is 8.21. The molecule has 0 aliphatic rings. The summed E-state index contributed by atoms with van der Waals surface area (Å²) in [5.41, 5.74) is 0. The summed E-state index contributed by atoms with van der Waals surface area (Å²) in [6.07, 6.45) is -4.82. The van der Waals surface area contributed by atoms with Gasteiger partial charge in [0.05, 0.1) is 6.61 Å². The number of aliphatic carboxylic acids is 1. The van der Waals surface area contributed by atoms with Crippen LogP contribution in [0.4, 0.5) is 0 Å². The van der Waals surface area contributed by atoms with Gasteiger partial charge in [-0.05, 0) is 6.42 Å². The van der Waals surface area contributed by atoms with Crippen molar-refractivity contribution < 1.29 is 39.9 Å². The van der Waals surface area contributed by atoms with Crippen LogP contribution in [-0.2, 0) is 14.3 Å². The summed E-state index contributed by atoms with van der Waals surface area (Å²) >= 11 is 0. The molecule has 0 radical (unpaired) electrons. The third-order valence-corrected chi connectivity index (χ3v) is 2.16. The van der Waals surface area contributed by atoms with Gasteiger partial charge in [0.2, 0.25) is 0 Å². The minimum Gasteiger partial charge on any atom is -0.481 e. The van der Waals surface area contributed by atoms with Crippen LogP contribution in [0.2, 0.25) is 0 Å². The predicted molar refractivity (Wildman–Crippen MR) is 57.6 cm³/mol. The zero-order valence-electron chi connectivity index (χ0n) is 9.73. The number of rotatable bonds is 9. The number of esters is 1. The normalized spacial score (nSPS) is 15.8. The Balaban J connectivity index is 3.80. The van der Waals surface area contributed by atoms with E-state index in [1.54, 1.807) is 0 Å². The number of hydrogen-bond acceptors (Lipinski definition) is 7. The second-order valence-electron chi connectivity index (χ2n) is 3.74. The maximum Gasteiger partial charge on any atom is 0.305 e. The van der Waals surface area contributed by atoms with E-state index in [0.29, 0.717) is 0 Å². The van der Waals surface area contributed by atoms with Crippen molar-refractivity contribution in [3.8, 4) is 0 Å². The molecule has 0 aromatic heterocycles. The van der Waals surface area contributed by atoms with Crippen LogP contribution < -0.4 is 0 Å². The van der Waals surface area contributed by atoms with E-state index in [0.717, 1.165) is 0 Å².